The number of rotatable bonds is 2. The first kappa shape index (κ1) is 9.97. The molecule has 0 atom stereocenters. The topological polar surface area (TPSA) is 26.3 Å². The molecule has 0 unspecified atom stereocenters. The fourth-order valence-corrected chi connectivity index (χ4v) is 1.86. The van der Waals surface area contributed by atoms with Gasteiger partial charge >= 0.3 is 5.97 Å². The first-order valence-corrected chi connectivity index (χ1v) is 5.19. The van der Waals surface area contributed by atoms with E-state index in [1.807, 2.05) is 25.1 Å². The third-order valence-electron chi connectivity index (χ3n) is 2.67. The highest BCUT2D eigenvalue weighted by Gasteiger charge is 2.14. The van der Waals surface area contributed by atoms with Crippen molar-refractivity contribution < 1.29 is 9.53 Å². The molecule has 0 amide bonds. The van der Waals surface area contributed by atoms with E-state index in [0.717, 1.165) is 6.42 Å². The summed E-state index contributed by atoms with van der Waals surface area (Å²) in [5.41, 5.74) is 4.42. The van der Waals surface area contributed by atoms with Crippen LogP contribution in [0.15, 0.2) is 24.3 Å². The molecule has 2 rings (SSSR count). The molecule has 1 aromatic carbocycles. The highest BCUT2D eigenvalue weighted by molar-refractivity contribution is 5.90. The molecule has 78 valence electrons. The molecular weight excluding hydrogens is 188 g/mol. The van der Waals surface area contributed by atoms with E-state index in [-0.39, 0.29) is 5.97 Å². The molecule has 0 heterocycles. The summed E-state index contributed by atoms with van der Waals surface area (Å²) in [6.45, 7) is 4.33. The standard InChI is InChI=1S/C13H14O2/c1-3-15-13(14)11-6-7-12-9(2)4-5-10(12)8-11/h4,6-8H,3,5H2,1-2H3. The van der Waals surface area contributed by atoms with E-state index in [2.05, 4.69) is 13.0 Å². The van der Waals surface area contributed by atoms with Crippen LogP contribution in [-0.2, 0) is 11.2 Å². The van der Waals surface area contributed by atoms with E-state index < -0.39 is 0 Å². The molecule has 0 saturated heterocycles. The zero-order valence-corrected chi connectivity index (χ0v) is 9.04. The van der Waals surface area contributed by atoms with Gasteiger partial charge in [-0.05, 0) is 49.1 Å². The molecule has 2 heteroatoms. The summed E-state index contributed by atoms with van der Waals surface area (Å²) in [5, 5.41) is 0. The lowest BCUT2D eigenvalue weighted by atomic mass is 10.0. The number of carbonyl (C=O) groups is 1. The third-order valence-corrected chi connectivity index (χ3v) is 2.67. The second-order valence-electron chi connectivity index (χ2n) is 3.68. The Balaban J connectivity index is 2.29. The number of fused-ring (bicyclic) bond motifs is 1. The van der Waals surface area contributed by atoms with Crippen molar-refractivity contribution in [1.29, 1.82) is 0 Å². The Kier molecular flexibility index (Phi) is 2.58. The Morgan fingerprint density at radius 3 is 3.00 bits per heavy atom. The number of esters is 1. The Labute approximate surface area is 89.6 Å². The minimum absolute atomic E-state index is 0.232. The summed E-state index contributed by atoms with van der Waals surface area (Å²) < 4.78 is 4.96. The minimum atomic E-state index is -0.232. The zero-order chi connectivity index (χ0) is 10.8. The van der Waals surface area contributed by atoms with Crippen molar-refractivity contribution in [2.75, 3.05) is 6.61 Å². The molecule has 2 nitrogen and oxygen atoms in total. The molecule has 0 bridgehead atoms. The van der Waals surface area contributed by atoms with Crippen molar-refractivity contribution in [1.82, 2.24) is 0 Å². The molecule has 0 N–H and O–H groups in total. The van der Waals surface area contributed by atoms with Crippen LogP contribution in [0.4, 0.5) is 0 Å². The van der Waals surface area contributed by atoms with E-state index in [4.69, 9.17) is 4.74 Å². The molecule has 0 aromatic heterocycles. The summed E-state index contributed by atoms with van der Waals surface area (Å²) in [6, 6.07) is 5.76. The van der Waals surface area contributed by atoms with Gasteiger partial charge in [-0.15, -0.1) is 0 Å². The summed E-state index contributed by atoms with van der Waals surface area (Å²) in [5.74, 6) is -0.232. The number of ether oxygens (including phenoxy) is 1. The molecule has 1 aromatic rings. The molecule has 1 aliphatic rings. The van der Waals surface area contributed by atoms with Crippen LogP contribution in [-0.4, -0.2) is 12.6 Å². The molecule has 1 aliphatic carbocycles. The quantitative estimate of drug-likeness (QED) is 0.689. The maximum absolute atomic E-state index is 11.5. The van der Waals surface area contributed by atoms with Gasteiger partial charge in [0.25, 0.3) is 0 Å². The predicted octanol–water partition coefficient (Wildman–Crippen LogP) is 2.82. The van der Waals surface area contributed by atoms with Gasteiger partial charge in [0, 0.05) is 0 Å². The van der Waals surface area contributed by atoms with Gasteiger partial charge < -0.3 is 4.74 Å². The number of allylic oxidation sites excluding steroid dienone is 2. The SMILES string of the molecule is CCOC(=O)c1ccc2c(c1)CC=C2C. The van der Waals surface area contributed by atoms with Crippen molar-refractivity contribution in [3.63, 3.8) is 0 Å². The van der Waals surface area contributed by atoms with E-state index in [1.165, 1.54) is 16.7 Å². The van der Waals surface area contributed by atoms with Crippen molar-refractivity contribution in [2.24, 2.45) is 0 Å². The summed E-state index contributed by atoms with van der Waals surface area (Å²) in [6.07, 6.45) is 3.11. The van der Waals surface area contributed by atoms with Gasteiger partial charge in [0.2, 0.25) is 0 Å². The summed E-state index contributed by atoms with van der Waals surface area (Å²) in [4.78, 5) is 11.5. The molecule has 0 spiro atoms. The van der Waals surface area contributed by atoms with Gasteiger partial charge in [-0.25, -0.2) is 4.79 Å². The number of benzene rings is 1. The molecular formula is C13H14O2. The predicted molar refractivity (Wildman–Crippen MR) is 59.8 cm³/mol. The molecule has 0 fully saturated rings. The monoisotopic (exact) mass is 202 g/mol. The normalized spacial score (nSPS) is 13.3. The third kappa shape index (κ3) is 1.80. The smallest absolute Gasteiger partial charge is 0.338 e. The zero-order valence-electron chi connectivity index (χ0n) is 9.04. The Morgan fingerprint density at radius 1 is 1.47 bits per heavy atom. The fraction of sp³-hybridized carbons (Fsp3) is 0.308. The van der Waals surface area contributed by atoms with Crippen molar-refractivity contribution in [3.05, 3.63) is 41.0 Å². The lowest BCUT2D eigenvalue weighted by Crippen LogP contribution is -2.05. The lowest BCUT2D eigenvalue weighted by molar-refractivity contribution is 0.0526. The van der Waals surface area contributed by atoms with Crippen molar-refractivity contribution in [2.45, 2.75) is 20.3 Å². The van der Waals surface area contributed by atoms with Crippen LogP contribution >= 0.6 is 0 Å². The van der Waals surface area contributed by atoms with Crippen molar-refractivity contribution >= 4 is 11.5 Å². The van der Waals surface area contributed by atoms with Gasteiger partial charge in [0.05, 0.1) is 12.2 Å². The van der Waals surface area contributed by atoms with Crippen LogP contribution in [0.5, 0.6) is 0 Å². The van der Waals surface area contributed by atoms with E-state index in [1.54, 1.807) is 0 Å². The number of carbonyl (C=O) groups excluding carboxylic acids is 1. The molecule has 15 heavy (non-hydrogen) atoms. The fourth-order valence-electron chi connectivity index (χ4n) is 1.86. The second-order valence-corrected chi connectivity index (χ2v) is 3.68. The van der Waals surface area contributed by atoms with Crippen LogP contribution in [0.2, 0.25) is 0 Å². The average Bonchev–Trinajstić information content (AvgIpc) is 2.60. The molecule has 0 radical (unpaired) electrons. The highest BCUT2D eigenvalue weighted by Crippen LogP contribution is 2.27. The van der Waals surface area contributed by atoms with E-state index in [9.17, 15) is 4.79 Å². The van der Waals surface area contributed by atoms with Crippen LogP contribution < -0.4 is 0 Å². The largest absolute Gasteiger partial charge is 0.462 e. The maximum Gasteiger partial charge on any atom is 0.338 e. The second kappa shape index (κ2) is 3.89. The lowest BCUT2D eigenvalue weighted by Gasteiger charge is -2.05. The van der Waals surface area contributed by atoms with Crippen molar-refractivity contribution in [3.8, 4) is 0 Å². The van der Waals surface area contributed by atoms with E-state index >= 15 is 0 Å². The summed E-state index contributed by atoms with van der Waals surface area (Å²) in [7, 11) is 0. The molecule has 0 saturated carbocycles. The van der Waals surface area contributed by atoms with Gasteiger partial charge in [0.1, 0.15) is 0 Å². The first-order valence-electron chi connectivity index (χ1n) is 5.19. The van der Waals surface area contributed by atoms with Crippen LogP contribution in [0.3, 0.4) is 0 Å². The maximum atomic E-state index is 11.5. The Hall–Kier alpha value is -1.57. The minimum Gasteiger partial charge on any atom is -0.462 e. The van der Waals surface area contributed by atoms with Gasteiger partial charge in [0.15, 0.2) is 0 Å². The first-order chi connectivity index (χ1) is 7.22. The average molecular weight is 202 g/mol. The summed E-state index contributed by atoms with van der Waals surface area (Å²) >= 11 is 0. The van der Waals surface area contributed by atoms with Crippen LogP contribution in [0.1, 0.15) is 35.3 Å². The molecule has 0 aliphatic heterocycles. The van der Waals surface area contributed by atoms with Crippen LogP contribution in [0.25, 0.3) is 5.57 Å². The van der Waals surface area contributed by atoms with Crippen LogP contribution in [0, 0.1) is 0 Å². The van der Waals surface area contributed by atoms with Gasteiger partial charge in [-0.3, -0.25) is 0 Å². The number of hydrogen-bond donors (Lipinski definition) is 0. The Bertz CT molecular complexity index is 430. The Morgan fingerprint density at radius 2 is 2.27 bits per heavy atom. The van der Waals surface area contributed by atoms with Gasteiger partial charge in [-0.1, -0.05) is 12.1 Å². The van der Waals surface area contributed by atoms with E-state index in [0.29, 0.717) is 12.2 Å². The highest BCUT2D eigenvalue weighted by atomic mass is 16.5. The number of hydrogen-bond acceptors (Lipinski definition) is 2. The van der Waals surface area contributed by atoms with Gasteiger partial charge in [-0.2, -0.15) is 0 Å².